The average molecular weight is 347 g/mol. The zero-order valence-corrected chi connectivity index (χ0v) is 14.5. The smallest absolute Gasteiger partial charge is 0.326 e. The van der Waals surface area contributed by atoms with Gasteiger partial charge < -0.3 is 21.1 Å². The Labute approximate surface area is 147 Å². The third kappa shape index (κ3) is 4.36. The lowest BCUT2D eigenvalue weighted by Gasteiger charge is -2.27. The van der Waals surface area contributed by atoms with E-state index in [1.54, 1.807) is 6.92 Å². The van der Waals surface area contributed by atoms with Gasteiger partial charge in [-0.05, 0) is 25.3 Å². The predicted octanol–water partition coefficient (Wildman–Crippen LogP) is 0.698. The van der Waals surface area contributed by atoms with Gasteiger partial charge in [-0.3, -0.25) is 9.59 Å². The summed E-state index contributed by atoms with van der Waals surface area (Å²) in [5.41, 5.74) is 6.55. The molecule has 0 aromatic heterocycles. The van der Waals surface area contributed by atoms with Gasteiger partial charge in [0.2, 0.25) is 11.8 Å². The molecule has 0 aliphatic carbocycles. The number of rotatable bonds is 6. The van der Waals surface area contributed by atoms with E-state index in [1.165, 1.54) is 11.8 Å². The van der Waals surface area contributed by atoms with E-state index >= 15 is 0 Å². The molecule has 4 N–H and O–H groups in total. The van der Waals surface area contributed by atoms with Crippen LogP contribution in [0.25, 0.3) is 0 Å². The number of carboxylic acid groups (broad SMARTS) is 1. The molecule has 2 rings (SSSR count). The molecule has 0 bridgehead atoms. The molecule has 1 aromatic carbocycles. The van der Waals surface area contributed by atoms with Gasteiger partial charge in [0.05, 0.1) is 6.04 Å². The molecule has 7 nitrogen and oxygen atoms in total. The van der Waals surface area contributed by atoms with Gasteiger partial charge in [0.1, 0.15) is 12.1 Å². The summed E-state index contributed by atoms with van der Waals surface area (Å²) in [7, 11) is 0. The lowest BCUT2D eigenvalue weighted by Crippen LogP contribution is -2.53. The van der Waals surface area contributed by atoms with Crippen molar-refractivity contribution in [3.63, 3.8) is 0 Å². The van der Waals surface area contributed by atoms with E-state index in [0.717, 1.165) is 5.56 Å². The van der Waals surface area contributed by atoms with Crippen LogP contribution < -0.4 is 11.1 Å². The number of carboxylic acids is 1. The SMILES string of the molecule is CCC(NC(=O)C(C)N)C(=O)N1CC(c2ccccc2)CC1C(=O)O. The van der Waals surface area contributed by atoms with Crippen LogP contribution in [0.4, 0.5) is 0 Å². The van der Waals surface area contributed by atoms with Gasteiger partial charge >= 0.3 is 5.97 Å². The van der Waals surface area contributed by atoms with E-state index in [9.17, 15) is 19.5 Å². The number of hydrogen-bond donors (Lipinski definition) is 3. The Balaban J connectivity index is 2.17. The number of nitrogens with zero attached hydrogens (tertiary/aromatic N) is 1. The van der Waals surface area contributed by atoms with Gasteiger partial charge in [0.25, 0.3) is 0 Å². The second kappa shape index (κ2) is 8.11. The van der Waals surface area contributed by atoms with Crippen molar-refractivity contribution in [2.45, 2.75) is 50.7 Å². The molecule has 1 aliphatic rings. The first-order valence-electron chi connectivity index (χ1n) is 8.49. The lowest BCUT2D eigenvalue weighted by atomic mass is 9.96. The summed E-state index contributed by atoms with van der Waals surface area (Å²) in [5.74, 6) is -1.86. The van der Waals surface area contributed by atoms with Crippen molar-refractivity contribution in [3.05, 3.63) is 35.9 Å². The van der Waals surface area contributed by atoms with Crippen molar-refractivity contribution in [1.29, 1.82) is 0 Å². The Morgan fingerprint density at radius 1 is 1.32 bits per heavy atom. The van der Waals surface area contributed by atoms with Gasteiger partial charge in [0, 0.05) is 12.5 Å². The van der Waals surface area contributed by atoms with Crippen molar-refractivity contribution >= 4 is 17.8 Å². The van der Waals surface area contributed by atoms with Crippen LogP contribution in [0.3, 0.4) is 0 Å². The van der Waals surface area contributed by atoms with Crippen LogP contribution >= 0.6 is 0 Å². The van der Waals surface area contributed by atoms with E-state index in [4.69, 9.17) is 5.73 Å². The molecule has 2 amide bonds. The summed E-state index contributed by atoms with van der Waals surface area (Å²) in [6.45, 7) is 3.63. The highest BCUT2D eigenvalue weighted by Crippen LogP contribution is 2.32. The molecule has 4 atom stereocenters. The van der Waals surface area contributed by atoms with Gasteiger partial charge in [-0.2, -0.15) is 0 Å². The van der Waals surface area contributed by atoms with Gasteiger partial charge in [-0.1, -0.05) is 37.3 Å². The van der Waals surface area contributed by atoms with E-state index in [2.05, 4.69) is 5.32 Å². The highest BCUT2D eigenvalue weighted by atomic mass is 16.4. The number of amides is 2. The molecule has 0 spiro atoms. The van der Waals surface area contributed by atoms with E-state index in [1.807, 2.05) is 30.3 Å². The summed E-state index contributed by atoms with van der Waals surface area (Å²) in [6, 6.07) is 7.17. The fourth-order valence-corrected chi connectivity index (χ4v) is 3.12. The summed E-state index contributed by atoms with van der Waals surface area (Å²) in [6.07, 6.45) is 0.735. The van der Waals surface area contributed by atoms with E-state index in [-0.39, 0.29) is 11.8 Å². The first kappa shape index (κ1) is 18.9. The highest BCUT2D eigenvalue weighted by molar-refractivity contribution is 5.92. The van der Waals surface area contributed by atoms with Crippen molar-refractivity contribution in [2.24, 2.45) is 5.73 Å². The number of carbonyl (C=O) groups is 3. The van der Waals surface area contributed by atoms with Crippen LogP contribution in [0.15, 0.2) is 30.3 Å². The second-order valence-corrected chi connectivity index (χ2v) is 6.45. The first-order chi connectivity index (χ1) is 11.8. The molecule has 1 saturated heterocycles. The van der Waals surface area contributed by atoms with Gasteiger partial charge in [-0.15, -0.1) is 0 Å². The molecule has 25 heavy (non-hydrogen) atoms. The van der Waals surface area contributed by atoms with E-state index in [0.29, 0.717) is 19.4 Å². The maximum Gasteiger partial charge on any atom is 0.326 e. The molecular formula is C18H25N3O4. The molecule has 136 valence electrons. The molecule has 1 fully saturated rings. The predicted molar refractivity (Wildman–Crippen MR) is 92.8 cm³/mol. The number of nitrogens with two attached hydrogens (primary N) is 1. The Bertz CT molecular complexity index is 632. The zero-order valence-electron chi connectivity index (χ0n) is 14.5. The molecule has 1 aromatic rings. The van der Waals surface area contributed by atoms with Crippen LogP contribution in [0, 0.1) is 0 Å². The number of benzene rings is 1. The largest absolute Gasteiger partial charge is 0.480 e. The number of hydrogen-bond acceptors (Lipinski definition) is 4. The van der Waals surface area contributed by atoms with Crippen LogP contribution in [-0.4, -0.2) is 52.5 Å². The van der Waals surface area contributed by atoms with E-state index < -0.39 is 30.0 Å². The summed E-state index contributed by atoms with van der Waals surface area (Å²) < 4.78 is 0. The van der Waals surface area contributed by atoms with Crippen molar-refractivity contribution in [3.8, 4) is 0 Å². The minimum absolute atomic E-state index is 0.0344. The first-order valence-corrected chi connectivity index (χ1v) is 8.49. The molecular weight excluding hydrogens is 322 g/mol. The standard InChI is InChI=1S/C18H25N3O4/c1-3-14(20-16(22)11(2)19)17(23)21-10-13(9-15(21)18(24)25)12-7-5-4-6-8-12/h4-8,11,13-15H,3,9-10,19H2,1-2H3,(H,20,22)(H,24,25). The number of aliphatic carboxylic acids is 1. The van der Waals surface area contributed by atoms with Crippen molar-refractivity contribution in [1.82, 2.24) is 10.2 Å². The summed E-state index contributed by atoms with van der Waals surface area (Å²) >= 11 is 0. The average Bonchev–Trinajstić information content (AvgIpc) is 3.05. The fraction of sp³-hybridized carbons (Fsp3) is 0.500. The maximum atomic E-state index is 12.8. The normalized spacial score (nSPS) is 22.3. The highest BCUT2D eigenvalue weighted by Gasteiger charge is 2.42. The molecule has 0 radical (unpaired) electrons. The number of carbonyl (C=O) groups excluding carboxylic acids is 2. The summed E-state index contributed by atoms with van der Waals surface area (Å²) in [4.78, 5) is 37.6. The Hall–Kier alpha value is -2.41. The molecule has 4 unspecified atom stereocenters. The zero-order chi connectivity index (χ0) is 18.6. The number of likely N-dealkylation sites (tertiary alicyclic amines) is 1. The molecule has 1 heterocycles. The van der Waals surface area contributed by atoms with Gasteiger partial charge in [0.15, 0.2) is 0 Å². The van der Waals surface area contributed by atoms with Gasteiger partial charge in [-0.25, -0.2) is 4.79 Å². The molecule has 7 heteroatoms. The van der Waals surface area contributed by atoms with Crippen LogP contribution in [0.1, 0.15) is 38.2 Å². The van der Waals surface area contributed by atoms with Crippen LogP contribution in [0.5, 0.6) is 0 Å². The minimum Gasteiger partial charge on any atom is -0.480 e. The Morgan fingerprint density at radius 3 is 2.48 bits per heavy atom. The van der Waals surface area contributed by atoms with Crippen LogP contribution in [-0.2, 0) is 14.4 Å². The Kier molecular flexibility index (Phi) is 6.14. The molecule has 0 saturated carbocycles. The third-order valence-corrected chi connectivity index (χ3v) is 4.58. The third-order valence-electron chi connectivity index (χ3n) is 4.58. The second-order valence-electron chi connectivity index (χ2n) is 6.45. The van der Waals surface area contributed by atoms with Crippen molar-refractivity contribution < 1.29 is 19.5 Å². The quantitative estimate of drug-likeness (QED) is 0.701. The Morgan fingerprint density at radius 2 is 1.96 bits per heavy atom. The number of nitrogens with one attached hydrogen (secondary N) is 1. The monoisotopic (exact) mass is 347 g/mol. The topological polar surface area (TPSA) is 113 Å². The minimum atomic E-state index is -1.03. The fourth-order valence-electron chi connectivity index (χ4n) is 3.12. The van der Waals surface area contributed by atoms with Crippen molar-refractivity contribution in [2.75, 3.05) is 6.54 Å². The summed E-state index contributed by atoms with van der Waals surface area (Å²) in [5, 5.41) is 12.1. The molecule has 1 aliphatic heterocycles. The van der Waals surface area contributed by atoms with Crippen LogP contribution in [0.2, 0.25) is 0 Å². The maximum absolute atomic E-state index is 12.8. The lowest BCUT2D eigenvalue weighted by molar-refractivity contribution is -0.149.